The normalized spacial score (nSPS) is 9.00. The topological polar surface area (TPSA) is 0 Å². The first-order chi connectivity index (χ1) is 5.41. The Morgan fingerprint density at radius 2 is 1.50 bits per heavy atom. The monoisotopic (exact) mass is 246 g/mol. The molecular weight excluding hydrogens is 220 g/mol. The van der Waals surface area contributed by atoms with Crippen LogP contribution in [0, 0.1) is 13.5 Å². The number of hydrogen-bond donors (Lipinski definition) is 0. The van der Waals surface area contributed by atoms with Crippen LogP contribution < -0.4 is 0 Å². The van der Waals surface area contributed by atoms with E-state index in [-0.39, 0.29) is 52.4 Å². The summed E-state index contributed by atoms with van der Waals surface area (Å²) in [5.74, 6) is 0. The van der Waals surface area contributed by atoms with E-state index in [1.54, 1.807) is 6.04 Å². The summed E-state index contributed by atoms with van der Waals surface area (Å²) in [5.41, 5.74) is 0. The third kappa shape index (κ3) is 23.3. The molecule has 0 aliphatic carbocycles. The van der Waals surface area contributed by atoms with E-state index in [0.717, 1.165) is 0 Å². The predicted molar refractivity (Wildman–Crippen MR) is 76.1 cm³/mol. The van der Waals surface area contributed by atoms with Gasteiger partial charge in [-0.05, 0) is 0 Å². The smallest absolute Gasteiger partial charge is 0.358 e. The second kappa shape index (κ2) is 23.8. The Balaban J connectivity index is -0.000000167. The molecule has 0 aliphatic rings. The maximum atomic E-state index is 2.41. The number of unbranched alkanes of at least 4 members (excludes halogenated alkanes) is 5. The zero-order valence-electron chi connectivity index (χ0n) is 10.3. The van der Waals surface area contributed by atoms with Crippen molar-refractivity contribution in [2.24, 2.45) is 0 Å². The molecule has 0 radical (unpaired) electrons. The van der Waals surface area contributed by atoms with Crippen molar-refractivity contribution in [3.8, 4) is 0 Å². The van der Waals surface area contributed by atoms with Gasteiger partial charge in [0.2, 0.25) is 0 Å². The standard InChI is InChI=1S/C10H23Si.CH3.ClH.Mg/c1-3-5-6-7-8-9-10-11-4-2;;;/h4H,3,5-11H2,1-2H3;1H3;1H;/q2*-1;;+2. The Morgan fingerprint density at radius 3 is 2.00 bits per heavy atom. The summed E-state index contributed by atoms with van der Waals surface area (Å²) in [6.45, 7) is 4.49. The number of halogens is 1. The summed E-state index contributed by atoms with van der Waals surface area (Å²) < 4.78 is 0. The molecular formula is C11H27ClMgSi. The Kier molecular flexibility index (Phi) is 41.7. The molecule has 0 nitrogen and oxygen atoms in total. The van der Waals surface area contributed by atoms with E-state index in [1.165, 1.54) is 38.5 Å². The van der Waals surface area contributed by atoms with Crippen molar-refractivity contribution in [3.63, 3.8) is 0 Å². The Morgan fingerprint density at radius 1 is 1.00 bits per heavy atom. The minimum atomic E-state index is 0. The van der Waals surface area contributed by atoms with Gasteiger partial charge in [0.15, 0.2) is 0 Å². The van der Waals surface area contributed by atoms with Gasteiger partial charge in [-0.2, -0.15) is 6.92 Å². The van der Waals surface area contributed by atoms with Crippen LogP contribution >= 0.6 is 12.4 Å². The Bertz CT molecular complexity index is 64.3. The van der Waals surface area contributed by atoms with E-state index in [9.17, 15) is 0 Å². The summed E-state index contributed by atoms with van der Waals surface area (Å²) >= 11 is 0. The fraction of sp³-hybridized carbons (Fsp3) is 0.818. The zero-order chi connectivity index (χ0) is 8.36. The van der Waals surface area contributed by atoms with E-state index in [2.05, 4.69) is 19.9 Å². The van der Waals surface area contributed by atoms with Crippen molar-refractivity contribution >= 4 is 45.0 Å². The summed E-state index contributed by atoms with van der Waals surface area (Å²) in [6.07, 6.45) is 8.75. The fourth-order valence-electron chi connectivity index (χ4n) is 1.31. The first-order valence-electron chi connectivity index (χ1n) is 5.19. The molecule has 0 bridgehead atoms. The largest absolute Gasteiger partial charge is 2.00 e. The van der Waals surface area contributed by atoms with Crippen molar-refractivity contribution in [1.29, 1.82) is 0 Å². The molecule has 0 aliphatic heterocycles. The second-order valence-corrected chi connectivity index (χ2v) is 5.42. The predicted octanol–water partition coefficient (Wildman–Crippen LogP) is 3.61. The van der Waals surface area contributed by atoms with Gasteiger partial charge < -0.3 is 13.5 Å². The second-order valence-electron chi connectivity index (χ2n) is 3.32. The van der Waals surface area contributed by atoms with Gasteiger partial charge in [0, 0.05) is 0 Å². The molecule has 0 aromatic carbocycles. The average molecular weight is 247 g/mol. The van der Waals surface area contributed by atoms with Gasteiger partial charge in [0.05, 0.1) is 0 Å². The van der Waals surface area contributed by atoms with Crippen molar-refractivity contribution in [2.75, 3.05) is 0 Å². The summed E-state index contributed by atoms with van der Waals surface area (Å²) in [4.78, 5) is 0. The van der Waals surface area contributed by atoms with Crippen LogP contribution in [0.3, 0.4) is 0 Å². The third-order valence-electron chi connectivity index (χ3n) is 2.10. The summed E-state index contributed by atoms with van der Waals surface area (Å²) in [6, 6.07) is 3.95. The Hall–Kier alpha value is 1.27. The van der Waals surface area contributed by atoms with Gasteiger partial charge in [-0.25, -0.2) is 0 Å². The van der Waals surface area contributed by atoms with Crippen molar-refractivity contribution in [1.82, 2.24) is 0 Å². The molecule has 0 spiro atoms. The molecule has 0 aromatic heterocycles. The van der Waals surface area contributed by atoms with Crippen LogP contribution in [0.4, 0.5) is 0 Å². The Labute approximate surface area is 116 Å². The molecule has 84 valence electrons. The zero-order valence-corrected chi connectivity index (χ0v) is 14.0. The number of rotatable bonds is 8. The molecule has 0 unspecified atom stereocenters. The maximum Gasteiger partial charge on any atom is 2.00 e. The molecule has 0 saturated carbocycles. The minimum Gasteiger partial charge on any atom is -0.358 e. The molecule has 0 fully saturated rings. The molecule has 0 rings (SSSR count). The van der Waals surface area contributed by atoms with Crippen LogP contribution in [0.15, 0.2) is 0 Å². The molecule has 0 aromatic rings. The van der Waals surface area contributed by atoms with Crippen LogP contribution in [0.5, 0.6) is 0 Å². The van der Waals surface area contributed by atoms with Gasteiger partial charge in [-0.15, -0.1) is 21.9 Å². The fourth-order valence-corrected chi connectivity index (χ4v) is 2.36. The SMILES string of the molecule is C[CH-][SiH2]CCCCCCCC.Cl.[CH3-].[Mg+2]. The first-order valence-corrected chi connectivity index (χ1v) is 7.01. The maximum absolute atomic E-state index is 2.41. The first kappa shape index (κ1) is 24.5. The van der Waals surface area contributed by atoms with Crippen LogP contribution in [0.2, 0.25) is 6.04 Å². The number of hydrogen-bond acceptors (Lipinski definition) is 0. The quantitative estimate of drug-likeness (QED) is 0.349. The molecule has 3 heteroatoms. The van der Waals surface area contributed by atoms with Gasteiger partial charge in [-0.1, -0.05) is 51.5 Å². The van der Waals surface area contributed by atoms with Crippen LogP contribution in [0.1, 0.15) is 52.4 Å². The van der Waals surface area contributed by atoms with Crippen molar-refractivity contribution < 1.29 is 0 Å². The van der Waals surface area contributed by atoms with Gasteiger partial charge >= 0.3 is 23.1 Å². The van der Waals surface area contributed by atoms with Crippen molar-refractivity contribution in [2.45, 2.75) is 58.4 Å². The third-order valence-corrected chi connectivity index (χ3v) is 3.58. The molecule has 0 saturated heterocycles. The van der Waals surface area contributed by atoms with Crippen molar-refractivity contribution in [3.05, 3.63) is 13.5 Å². The summed E-state index contributed by atoms with van der Waals surface area (Å²) in [5, 5.41) is 0. The van der Waals surface area contributed by atoms with Gasteiger partial charge in [-0.3, -0.25) is 0 Å². The van der Waals surface area contributed by atoms with Gasteiger partial charge in [0.1, 0.15) is 0 Å². The molecule has 14 heavy (non-hydrogen) atoms. The summed E-state index contributed by atoms with van der Waals surface area (Å²) in [7, 11) is 0.257. The van der Waals surface area contributed by atoms with Crippen LogP contribution in [-0.2, 0) is 0 Å². The van der Waals surface area contributed by atoms with E-state index in [0.29, 0.717) is 0 Å². The van der Waals surface area contributed by atoms with E-state index in [1.807, 2.05) is 0 Å². The van der Waals surface area contributed by atoms with Gasteiger partial charge in [0.25, 0.3) is 0 Å². The van der Waals surface area contributed by atoms with E-state index < -0.39 is 0 Å². The average Bonchev–Trinajstić information content (AvgIpc) is 2.03. The molecule has 0 amide bonds. The minimum absolute atomic E-state index is 0. The van der Waals surface area contributed by atoms with E-state index >= 15 is 0 Å². The molecule has 0 atom stereocenters. The molecule has 0 heterocycles. The van der Waals surface area contributed by atoms with Crippen LogP contribution in [-0.4, -0.2) is 32.6 Å². The molecule has 0 N–H and O–H groups in total. The van der Waals surface area contributed by atoms with E-state index in [4.69, 9.17) is 0 Å². The van der Waals surface area contributed by atoms with Crippen LogP contribution in [0.25, 0.3) is 0 Å².